The highest BCUT2D eigenvalue weighted by Gasteiger charge is 2.29. The minimum absolute atomic E-state index is 0.0524. The molecule has 0 rings (SSSR count). The molecule has 13 heavy (non-hydrogen) atoms. The number of halogens is 1. The van der Waals surface area contributed by atoms with Crippen molar-refractivity contribution < 1.29 is 27.3 Å². The van der Waals surface area contributed by atoms with Gasteiger partial charge in [0.15, 0.2) is 6.67 Å². The summed E-state index contributed by atoms with van der Waals surface area (Å²) >= 11 is 0. The molecule has 0 amide bonds. The Kier molecular flexibility index (Phi) is 5.86. The summed E-state index contributed by atoms with van der Waals surface area (Å²) in [6, 6.07) is 0. The third-order valence-electron chi connectivity index (χ3n) is 0.897. The number of carbonyl (C=O) groups excluding carboxylic acids is 1. The van der Waals surface area contributed by atoms with Gasteiger partial charge in [0, 0.05) is 0 Å². The lowest BCUT2D eigenvalue weighted by Gasteiger charge is -2.14. The van der Waals surface area contributed by atoms with Crippen molar-refractivity contribution in [1.82, 2.24) is 0 Å². The lowest BCUT2D eigenvalue weighted by atomic mass is 10.8. The lowest BCUT2D eigenvalue weighted by Crippen LogP contribution is -2.08. The van der Waals surface area contributed by atoms with Gasteiger partial charge in [0.25, 0.3) is 0 Å². The van der Waals surface area contributed by atoms with Crippen LogP contribution >= 0.6 is 7.82 Å². The predicted molar refractivity (Wildman–Crippen MR) is 42.9 cm³/mol. The van der Waals surface area contributed by atoms with E-state index in [0.717, 1.165) is 0 Å². The molecule has 5 nitrogen and oxygen atoms in total. The summed E-state index contributed by atoms with van der Waals surface area (Å²) in [5.74, 6) is -1.26. The van der Waals surface area contributed by atoms with E-state index in [0.29, 0.717) is 0 Å². The van der Waals surface area contributed by atoms with Gasteiger partial charge < -0.3 is 4.52 Å². The number of phosphoric ester groups is 1. The molecule has 78 valence electrons. The molecule has 0 saturated heterocycles. The molecule has 0 saturated carbocycles. The standard InChI is InChI=1S/C6H12FO5P/c1-3-10-13(9,11-4-2)12-6(8)5-7/h3-5H2,1-2H3. The summed E-state index contributed by atoms with van der Waals surface area (Å²) in [5.41, 5.74) is 0. The molecule has 0 unspecified atom stereocenters. The summed E-state index contributed by atoms with van der Waals surface area (Å²) in [7, 11) is -3.88. The predicted octanol–water partition coefficient (Wildman–Crippen LogP) is 1.68. The van der Waals surface area contributed by atoms with Gasteiger partial charge in [-0.2, -0.15) is 0 Å². The second-order valence-electron chi connectivity index (χ2n) is 1.88. The van der Waals surface area contributed by atoms with E-state index < -0.39 is 20.5 Å². The van der Waals surface area contributed by atoms with E-state index in [2.05, 4.69) is 13.6 Å². The number of phosphoric acid groups is 1. The van der Waals surface area contributed by atoms with E-state index in [4.69, 9.17) is 0 Å². The van der Waals surface area contributed by atoms with E-state index in [1.807, 2.05) is 0 Å². The highest BCUT2D eigenvalue weighted by Crippen LogP contribution is 2.49. The van der Waals surface area contributed by atoms with Crippen LogP contribution in [0.25, 0.3) is 0 Å². The highest BCUT2D eigenvalue weighted by atomic mass is 31.2. The minimum Gasteiger partial charge on any atom is -0.368 e. The Morgan fingerprint density at radius 2 is 1.77 bits per heavy atom. The maximum absolute atomic E-state index is 11.7. The molecule has 0 N–H and O–H groups in total. The lowest BCUT2D eigenvalue weighted by molar-refractivity contribution is -0.137. The first-order valence-electron chi connectivity index (χ1n) is 3.75. The summed E-state index contributed by atoms with van der Waals surface area (Å²) in [6.07, 6.45) is 0. The first kappa shape index (κ1) is 12.6. The van der Waals surface area contributed by atoms with Crippen LogP contribution in [0.4, 0.5) is 4.39 Å². The van der Waals surface area contributed by atoms with Gasteiger partial charge in [-0.3, -0.25) is 9.05 Å². The molecule has 0 aliphatic carbocycles. The molecule has 0 heterocycles. The van der Waals surface area contributed by atoms with Crippen molar-refractivity contribution in [2.24, 2.45) is 0 Å². The van der Waals surface area contributed by atoms with Crippen LogP contribution in [0.1, 0.15) is 13.8 Å². The van der Waals surface area contributed by atoms with Gasteiger partial charge >= 0.3 is 13.8 Å². The fourth-order valence-corrected chi connectivity index (χ4v) is 1.67. The molecule has 0 fully saturated rings. The van der Waals surface area contributed by atoms with Gasteiger partial charge in [-0.15, -0.1) is 0 Å². The summed E-state index contributed by atoms with van der Waals surface area (Å²) in [6.45, 7) is 1.85. The number of hydrogen-bond donors (Lipinski definition) is 0. The maximum atomic E-state index is 11.7. The zero-order chi connectivity index (χ0) is 10.3. The van der Waals surface area contributed by atoms with Gasteiger partial charge in [0.05, 0.1) is 13.2 Å². The quantitative estimate of drug-likeness (QED) is 0.629. The summed E-state index contributed by atoms with van der Waals surface area (Å²) in [5, 5.41) is 0. The Morgan fingerprint density at radius 1 is 1.31 bits per heavy atom. The molecular formula is C6H12FO5P. The average Bonchev–Trinajstić information content (AvgIpc) is 2.04. The fourth-order valence-electron chi connectivity index (χ4n) is 0.555. The van der Waals surface area contributed by atoms with Crippen molar-refractivity contribution in [1.29, 1.82) is 0 Å². The molecule has 0 bridgehead atoms. The summed E-state index contributed by atoms with van der Waals surface area (Å²) < 4.78 is 36.3. The Bertz CT molecular complexity index is 197. The van der Waals surface area contributed by atoms with Crippen molar-refractivity contribution in [3.05, 3.63) is 0 Å². The minimum atomic E-state index is -3.88. The number of hydrogen-bond acceptors (Lipinski definition) is 5. The van der Waals surface area contributed by atoms with Gasteiger partial charge in [-0.25, -0.2) is 13.8 Å². The zero-order valence-electron chi connectivity index (χ0n) is 7.49. The van der Waals surface area contributed by atoms with Crippen LogP contribution < -0.4 is 0 Å². The fraction of sp³-hybridized carbons (Fsp3) is 0.833. The van der Waals surface area contributed by atoms with Crippen molar-refractivity contribution in [3.8, 4) is 0 Å². The van der Waals surface area contributed by atoms with E-state index >= 15 is 0 Å². The van der Waals surface area contributed by atoms with Crippen molar-refractivity contribution in [2.75, 3.05) is 19.9 Å². The van der Waals surface area contributed by atoms with Crippen molar-refractivity contribution in [2.45, 2.75) is 13.8 Å². The zero-order valence-corrected chi connectivity index (χ0v) is 8.38. The topological polar surface area (TPSA) is 61.8 Å². The number of rotatable bonds is 6. The smallest absolute Gasteiger partial charge is 0.368 e. The Hall–Kier alpha value is -0.450. The van der Waals surface area contributed by atoms with E-state index in [9.17, 15) is 13.8 Å². The second-order valence-corrected chi connectivity index (χ2v) is 3.47. The summed E-state index contributed by atoms with van der Waals surface area (Å²) in [4.78, 5) is 10.4. The molecule has 0 aromatic carbocycles. The van der Waals surface area contributed by atoms with Crippen LogP contribution in [0.2, 0.25) is 0 Å². The molecule has 0 aliphatic heterocycles. The first-order valence-corrected chi connectivity index (χ1v) is 5.21. The Labute approximate surface area is 75.8 Å². The molecular weight excluding hydrogens is 202 g/mol. The van der Waals surface area contributed by atoms with Crippen LogP contribution in [-0.4, -0.2) is 25.9 Å². The monoisotopic (exact) mass is 214 g/mol. The SMILES string of the molecule is CCOP(=O)(OCC)OC(=O)CF. The molecule has 0 aromatic heterocycles. The van der Waals surface area contributed by atoms with Gasteiger partial charge in [-0.05, 0) is 13.8 Å². The maximum Gasteiger partial charge on any atom is 0.532 e. The third-order valence-corrected chi connectivity index (χ3v) is 2.47. The van der Waals surface area contributed by atoms with Crippen LogP contribution in [0.3, 0.4) is 0 Å². The van der Waals surface area contributed by atoms with Crippen LogP contribution in [0, 0.1) is 0 Å². The molecule has 0 aliphatic rings. The van der Waals surface area contributed by atoms with Crippen LogP contribution in [0.5, 0.6) is 0 Å². The largest absolute Gasteiger partial charge is 0.532 e. The van der Waals surface area contributed by atoms with Gasteiger partial charge in [0.2, 0.25) is 0 Å². The van der Waals surface area contributed by atoms with E-state index in [1.165, 1.54) is 0 Å². The Balaban J connectivity index is 4.23. The molecule has 7 heteroatoms. The van der Waals surface area contributed by atoms with Crippen molar-refractivity contribution >= 4 is 13.8 Å². The third kappa shape index (κ3) is 4.98. The Morgan fingerprint density at radius 3 is 2.08 bits per heavy atom. The first-order chi connectivity index (χ1) is 6.08. The van der Waals surface area contributed by atoms with Gasteiger partial charge in [0.1, 0.15) is 0 Å². The van der Waals surface area contributed by atoms with E-state index in [1.54, 1.807) is 13.8 Å². The normalized spacial score (nSPS) is 11.3. The van der Waals surface area contributed by atoms with Crippen molar-refractivity contribution in [3.63, 3.8) is 0 Å². The second kappa shape index (κ2) is 6.07. The molecule has 0 radical (unpaired) electrons. The van der Waals surface area contributed by atoms with Gasteiger partial charge in [-0.1, -0.05) is 0 Å². The highest BCUT2D eigenvalue weighted by molar-refractivity contribution is 7.49. The van der Waals surface area contributed by atoms with E-state index in [-0.39, 0.29) is 13.2 Å². The average molecular weight is 214 g/mol. The molecule has 0 aromatic rings. The van der Waals surface area contributed by atoms with Crippen LogP contribution in [0.15, 0.2) is 0 Å². The number of alkyl halides is 1. The van der Waals surface area contributed by atoms with Crippen LogP contribution in [-0.2, 0) is 22.9 Å². The molecule has 0 atom stereocenters. The number of carbonyl (C=O) groups is 1. The molecule has 0 spiro atoms.